The highest BCUT2D eigenvalue weighted by atomic mass is 16.5. The quantitative estimate of drug-likeness (QED) is 0.748. The average molecular weight is 204 g/mol. The van der Waals surface area contributed by atoms with Gasteiger partial charge in [0, 0.05) is 18.9 Å². The number of pyridine rings is 1. The van der Waals surface area contributed by atoms with Gasteiger partial charge in [-0.2, -0.15) is 5.26 Å². The van der Waals surface area contributed by atoms with E-state index in [0.717, 1.165) is 19.4 Å². The number of aromatic nitrogens is 1. The van der Waals surface area contributed by atoms with Crippen LogP contribution in [0.2, 0.25) is 0 Å². The number of hydrogen-bond acceptors (Lipinski definition) is 4. The molecule has 0 saturated carbocycles. The summed E-state index contributed by atoms with van der Waals surface area (Å²) in [6.45, 7) is 1.37. The molecule has 1 atom stereocenters. The third-order valence-electron chi connectivity index (χ3n) is 2.31. The third-order valence-corrected chi connectivity index (χ3v) is 2.31. The van der Waals surface area contributed by atoms with Crippen molar-refractivity contribution in [2.75, 3.05) is 13.2 Å². The number of ether oxygens (including phenoxy) is 2. The second kappa shape index (κ2) is 4.76. The Morgan fingerprint density at radius 3 is 3.13 bits per heavy atom. The van der Waals surface area contributed by atoms with E-state index in [-0.39, 0.29) is 6.10 Å². The third kappa shape index (κ3) is 2.67. The van der Waals surface area contributed by atoms with Crippen LogP contribution >= 0.6 is 0 Å². The Labute approximate surface area is 88.5 Å². The zero-order valence-electron chi connectivity index (χ0n) is 8.35. The van der Waals surface area contributed by atoms with Gasteiger partial charge in [0.1, 0.15) is 12.7 Å². The average Bonchev–Trinajstić information content (AvgIpc) is 2.80. The van der Waals surface area contributed by atoms with Crippen molar-refractivity contribution >= 4 is 0 Å². The minimum absolute atomic E-state index is 0.197. The van der Waals surface area contributed by atoms with Crippen molar-refractivity contribution in [3.63, 3.8) is 0 Å². The standard InChI is InChI=1S/C11H12N2O2/c12-6-9-3-4-11(13-7-9)15-8-10-2-1-5-14-10/h3-4,7,10H,1-2,5,8H2. The molecule has 0 spiro atoms. The van der Waals surface area contributed by atoms with Crippen LogP contribution in [0.4, 0.5) is 0 Å². The summed E-state index contributed by atoms with van der Waals surface area (Å²) in [7, 11) is 0. The van der Waals surface area contributed by atoms with E-state index in [0.29, 0.717) is 18.1 Å². The molecule has 0 N–H and O–H groups in total. The zero-order chi connectivity index (χ0) is 10.5. The summed E-state index contributed by atoms with van der Waals surface area (Å²) in [5.41, 5.74) is 0.541. The summed E-state index contributed by atoms with van der Waals surface area (Å²) < 4.78 is 10.9. The fourth-order valence-corrected chi connectivity index (χ4v) is 1.49. The normalized spacial score (nSPS) is 19.8. The Bertz CT molecular complexity index is 350. The van der Waals surface area contributed by atoms with E-state index in [1.165, 1.54) is 6.20 Å². The first-order valence-electron chi connectivity index (χ1n) is 4.99. The minimum atomic E-state index is 0.197. The topological polar surface area (TPSA) is 55.1 Å². The maximum atomic E-state index is 8.58. The van der Waals surface area contributed by atoms with Crippen LogP contribution in [0.25, 0.3) is 0 Å². The van der Waals surface area contributed by atoms with E-state index in [1.54, 1.807) is 12.1 Å². The lowest BCUT2D eigenvalue weighted by atomic mass is 10.2. The number of rotatable bonds is 3. The van der Waals surface area contributed by atoms with Crippen LogP contribution in [-0.2, 0) is 4.74 Å². The summed E-state index contributed by atoms with van der Waals surface area (Å²) >= 11 is 0. The molecule has 4 heteroatoms. The first-order valence-corrected chi connectivity index (χ1v) is 4.99. The van der Waals surface area contributed by atoms with Gasteiger partial charge in [-0.3, -0.25) is 0 Å². The van der Waals surface area contributed by atoms with Gasteiger partial charge in [0.2, 0.25) is 5.88 Å². The molecule has 1 saturated heterocycles. The van der Waals surface area contributed by atoms with Gasteiger partial charge in [-0.15, -0.1) is 0 Å². The molecule has 0 aliphatic carbocycles. The molecule has 0 bridgehead atoms. The highest BCUT2D eigenvalue weighted by Crippen LogP contribution is 2.14. The van der Waals surface area contributed by atoms with Gasteiger partial charge in [0.25, 0.3) is 0 Å². The molecule has 2 heterocycles. The van der Waals surface area contributed by atoms with Gasteiger partial charge >= 0.3 is 0 Å². The second-order valence-corrected chi connectivity index (χ2v) is 3.44. The van der Waals surface area contributed by atoms with Crippen molar-refractivity contribution in [3.8, 4) is 11.9 Å². The molecule has 78 valence electrons. The van der Waals surface area contributed by atoms with Crippen molar-refractivity contribution in [1.29, 1.82) is 5.26 Å². The minimum Gasteiger partial charge on any atom is -0.475 e. The molecule has 2 rings (SSSR count). The van der Waals surface area contributed by atoms with Crippen molar-refractivity contribution in [2.45, 2.75) is 18.9 Å². The van der Waals surface area contributed by atoms with Crippen molar-refractivity contribution in [3.05, 3.63) is 23.9 Å². The van der Waals surface area contributed by atoms with E-state index < -0.39 is 0 Å². The predicted molar refractivity (Wildman–Crippen MR) is 53.4 cm³/mol. The van der Waals surface area contributed by atoms with E-state index in [4.69, 9.17) is 14.7 Å². The highest BCUT2D eigenvalue weighted by Gasteiger charge is 2.15. The molecule has 15 heavy (non-hydrogen) atoms. The summed E-state index contributed by atoms with van der Waals surface area (Å²) in [5.74, 6) is 0.546. The molecule has 0 radical (unpaired) electrons. The molecule has 1 aliphatic heterocycles. The van der Waals surface area contributed by atoms with Gasteiger partial charge in [-0.25, -0.2) is 4.98 Å². The van der Waals surface area contributed by atoms with Gasteiger partial charge in [0.05, 0.1) is 11.7 Å². The van der Waals surface area contributed by atoms with Crippen LogP contribution < -0.4 is 4.74 Å². The molecule has 0 amide bonds. The summed E-state index contributed by atoms with van der Waals surface area (Å²) in [6.07, 6.45) is 3.86. The van der Waals surface area contributed by atoms with Crippen molar-refractivity contribution in [1.82, 2.24) is 4.98 Å². The van der Waals surface area contributed by atoms with Crippen LogP contribution in [0.15, 0.2) is 18.3 Å². The number of nitriles is 1. The van der Waals surface area contributed by atoms with E-state index >= 15 is 0 Å². The monoisotopic (exact) mass is 204 g/mol. The largest absolute Gasteiger partial charge is 0.475 e. The molecule has 4 nitrogen and oxygen atoms in total. The Morgan fingerprint density at radius 2 is 2.53 bits per heavy atom. The molecular formula is C11H12N2O2. The number of nitrogens with zero attached hydrogens (tertiary/aromatic N) is 2. The maximum Gasteiger partial charge on any atom is 0.213 e. The lowest BCUT2D eigenvalue weighted by molar-refractivity contribution is 0.0663. The van der Waals surface area contributed by atoms with E-state index in [1.807, 2.05) is 6.07 Å². The van der Waals surface area contributed by atoms with E-state index in [2.05, 4.69) is 4.98 Å². The number of hydrogen-bond donors (Lipinski definition) is 0. The van der Waals surface area contributed by atoms with Gasteiger partial charge in [0.15, 0.2) is 0 Å². The zero-order valence-corrected chi connectivity index (χ0v) is 8.35. The molecule has 1 aromatic rings. The first kappa shape index (κ1) is 9.94. The lowest BCUT2D eigenvalue weighted by Gasteiger charge is -2.10. The molecular weight excluding hydrogens is 192 g/mol. The highest BCUT2D eigenvalue weighted by molar-refractivity contribution is 5.28. The molecule has 0 aromatic carbocycles. The van der Waals surface area contributed by atoms with Crippen molar-refractivity contribution in [2.24, 2.45) is 0 Å². The summed E-state index contributed by atoms with van der Waals surface area (Å²) in [5, 5.41) is 8.58. The van der Waals surface area contributed by atoms with Crippen molar-refractivity contribution < 1.29 is 9.47 Å². The SMILES string of the molecule is N#Cc1ccc(OCC2CCCO2)nc1. The Kier molecular flexibility index (Phi) is 3.15. The Morgan fingerprint density at radius 1 is 1.60 bits per heavy atom. The van der Waals surface area contributed by atoms with Crippen LogP contribution in [0, 0.1) is 11.3 Å². The van der Waals surface area contributed by atoms with Crippen LogP contribution in [0.5, 0.6) is 5.88 Å². The molecule has 1 aromatic heterocycles. The second-order valence-electron chi connectivity index (χ2n) is 3.44. The van der Waals surface area contributed by atoms with E-state index in [9.17, 15) is 0 Å². The molecule has 1 aliphatic rings. The fraction of sp³-hybridized carbons (Fsp3) is 0.455. The smallest absolute Gasteiger partial charge is 0.213 e. The van der Waals surface area contributed by atoms with Crippen LogP contribution in [0.3, 0.4) is 0 Å². The summed E-state index contributed by atoms with van der Waals surface area (Å²) in [4.78, 5) is 4.01. The molecule has 1 fully saturated rings. The van der Waals surface area contributed by atoms with Gasteiger partial charge in [-0.05, 0) is 18.9 Å². The summed E-state index contributed by atoms with van der Waals surface area (Å²) in [6, 6.07) is 5.40. The Balaban J connectivity index is 1.85. The predicted octanol–water partition coefficient (Wildman–Crippen LogP) is 1.51. The lowest BCUT2D eigenvalue weighted by Crippen LogP contribution is -2.16. The van der Waals surface area contributed by atoms with Gasteiger partial charge < -0.3 is 9.47 Å². The maximum absolute atomic E-state index is 8.58. The molecule has 1 unspecified atom stereocenters. The van der Waals surface area contributed by atoms with Gasteiger partial charge in [-0.1, -0.05) is 0 Å². The van der Waals surface area contributed by atoms with Crippen LogP contribution in [0.1, 0.15) is 18.4 Å². The van der Waals surface area contributed by atoms with Crippen LogP contribution in [-0.4, -0.2) is 24.3 Å². The first-order chi connectivity index (χ1) is 7.38. The fourth-order valence-electron chi connectivity index (χ4n) is 1.49. The Hall–Kier alpha value is -1.60.